The van der Waals surface area contributed by atoms with Gasteiger partial charge >= 0.3 is 0 Å². The molecule has 0 aliphatic rings. The summed E-state index contributed by atoms with van der Waals surface area (Å²) in [5, 5.41) is 3.40. The van der Waals surface area contributed by atoms with Gasteiger partial charge in [-0.2, -0.15) is 0 Å². The Morgan fingerprint density at radius 1 is 1.20 bits per heavy atom. The van der Waals surface area contributed by atoms with E-state index in [1.54, 1.807) is 0 Å². The highest BCUT2D eigenvalue weighted by Gasteiger charge is 1.95. The molecule has 1 aromatic carbocycles. The average Bonchev–Trinajstić information content (AvgIpc) is 2.26. The zero-order chi connectivity index (χ0) is 10.9. The van der Waals surface area contributed by atoms with Gasteiger partial charge in [0.2, 0.25) is 0 Å². The van der Waals surface area contributed by atoms with E-state index in [2.05, 4.69) is 24.4 Å². The van der Waals surface area contributed by atoms with Crippen molar-refractivity contribution in [3.8, 4) is 5.75 Å². The van der Waals surface area contributed by atoms with Gasteiger partial charge in [-0.15, -0.1) is 0 Å². The lowest BCUT2D eigenvalue weighted by molar-refractivity contribution is 0.340. The van der Waals surface area contributed by atoms with Crippen LogP contribution in [0.3, 0.4) is 0 Å². The SMILES string of the molecule is CCCCCNc1cccc(OCC)c1. The van der Waals surface area contributed by atoms with E-state index in [0.29, 0.717) is 0 Å². The molecule has 0 amide bonds. The van der Waals surface area contributed by atoms with Crippen molar-refractivity contribution in [2.24, 2.45) is 0 Å². The van der Waals surface area contributed by atoms with Crippen molar-refractivity contribution in [1.29, 1.82) is 0 Å². The molecule has 0 saturated carbocycles. The number of nitrogens with one attached hydrogen (secondary N) is 1. The summed E-state index contributed by atoms with van der Waals surface area (Å²) in [6, 6.07) is 8.14. The summed E-state index contributed by atoms with van der Waals surface area (Å²) in [7, 11) is 0. The molecule has 0 atom stereocenters. The van der Waals surface area contributed by atoms with Crippen LogP contribution in [0, 0.1) is 0 Å². The Hall–Kier alpha value is -1.18. The maximum Gasteiger partial charge on any atom is 0.121 e. The van der Waals surface area contributed by atoms with Gasteiger partial charge < -0.3 is 10.1 Å². The van der Waals surface area contributed by atoms with Crippen molar-refractivity contribution >= 4 is 5.69 Å². The molecule has 2 heteroatoms. The minimum atomic E-state index is 0.722. The normalized spacial score (nSPS) is 10.0. The minimum absolute atomic E-state index is 0.722. The number of hydrogen-bond acceptors (Lipinski definition) is 2. The van der Waals surface area contributed by atoms with Gasteiger partial charge in [-0.3, -0.25) is 0 Å². The van der Waals surface area contributed by atoms with E-state index in [1.807, 2.05) is 19.1 Å². The van der Waals surface area contributed by atoms with Crippen LogP contribution in [0.4, 0.5) is 5.69 Å². The number of rotatable bonds is 7. The molecule has 84 valence electrons. The van der Waals surface area contributed by atoms with Crippen molar-refractivity contribution in [2.75, 3.05) is 18.5 Å². The molecule has 2 nitrogen and oxygen atoms in total. The van der Waals surface area contributed by atoms with Crippen molar-refractivity contribution in [2.45, 2.75) is 33.1 Å². The number of unbranched alkanes of at least 4 members (excludes halogenated alkanes) is 2. The topological polar surface area (TPSA) is 21.3 Å². The number of ether oxygens (including phenoxy) is 1. The van der Waals surface area contributed by atoms with E-state index in [4.69, 9.17) is 4.74 Å². The Balaban J connectivity index is 2.36. The molecule has 0 aliphatic heterocycles. The second kappa shape index (κ2) is 7.16. The fourth-order valence-corrected chi connectivity index (χ4v) is 1.47. The van der Waals surface area contributed by atoms with Crippen LogP contribution in [-0.2, 0) is 0 Å². The van der Waals surface area contributed by atoms with Gasteiger partial charge in [0, 0.05) is 18.3 Å². The van der Waals surface area contributed by atoms with Crippen LogP contribution in [0.2, 0.25) is 0 Å². The fourth-order valence-electron chi connectivity index (χ4n) is 1.47. The molecule has 1 rings (SSSR count). The lowest BCUT2D eigenvalue weighted by Crippen LogP contribution is -2.01. The molecule has 0 fully saturated rings. The largest absolute Gasteiger partial charge is 0.494 e. The highest BCUT2D eigenvalue weighted by atomic mass is 16.5. The van der Waals surface area contributed by atoms with Crippen LogP contribution in [0.15, 0.2) is 24.3 Å². The lowest BCUT2D eigenvalue weighted by Gasteiger charge is -2.08. The Labute approximate surface area is 92.6 Å². The van der Waals surface area contributed by atoms with Crippen molar-refractivity contribution in [3.63, 3.8) is 0 Å². The molecular weight excluding hydrogens is 186 g/mol. The molecule has 0 saturated heterocycles. The summed E-state index contributed by atoms with van der Waals surface area (Å²) in [6.45, 7) is 5.99. The third-order valence-electron chi connectivity index (χ3n) is 2.25. The van der Waals surface area contributed by atoms with Crippen molar-refractivity contribution in [3.05, 3.63) is 24.3 Å². The third kappa shape index (κ3) is 4.73. The van der Waals surface area contributed by atoms with Crippen LogP contribution in [0.1, 0.15) is 33.1 Å². The van der Waals surface area contributed by atoms with E-state index >= 15 is 0 Å². The second-order valence-electron chi connectivity index (χ2n) is 3.59. The Bertz CT molecular complexity index is 273. The molecule has 0 spiro atoms. The average molecular weight is 207 g/mol. The van der Waals surface area contributed by atoms with Gasteiger partial charge in [-0.25, -0.2) is 0 Å². The summed E-state index contributed by atoms with van der Waals surface area (Å²) < 4.78 is 5.43. The van der Waals surface area contributed by atoms with Crippen LogP contribution < -0.4 is 10.1 Å². The molecule has 15 heavy (non-hydrogen) atoms. The summed E-state index contributed by atoms with van der Waals surface area (Å²) in [4.78, 5) is 0. The molecule has 0 unspecified atom stereocenters. The first-order valence-corrected chi connectivity index (χ1v) is 5.83. The number of anilines is 1. The van der Waals surface area contributed by atoms with Gasteiger partial charge in [0.25, 0.3) is 0 Å². The summed E-state index contributed by atoms with van der Waals surface area (Å²) >= 11 is 0. The number of hydrogen-bond donors (Lipinski definition) is 1. The molecular formula is C13H21NO. The number of benzene rings is 1. The van der Waals surface area contributed by atoms with Gasteiger partial charge in [-0.05, 0) is 25.5 Å². The van der Waals surface area contributed by atoms with Gasteiger partial charge in [0.05, 0.1) is 6.61 Å². The smallest absolute Gasteiger partial charge is 0.121 e. The second-order valence-corrected chi connectivity index (χ2v) is 3.59. The molecule has 1 N–H and O–H groups in total. The van der Waals surface area contributed by atoms with E-state index in [-0.39, 0.29) is 0 Å². The fraction of sp³-hybridized carbons (Fsp3) is 0.538. The predicted octanol–water partition coefficient (Wildman–Crippen LogP) is 3.69. The summed E-state index contributed by atoms with van der Waals surface area (Å²) in [6.07, 6.45) is 3.79. The quantitative estimate of drug-likeness (QED) is 0.688. The first kappa shape index (κ1) is 11.9. The lowest BCUT2D eigenvalue weighted by atomic mass is 10.2. The predicted molar refractivity (Wildman–Crippen MR) is 65.6 cm³/mol. The summed E-state index contributed by atoms with van der Waals surface area (Å²) in [5.41, 5.74) is 1.15. The van der Waals surface area contributed by atoms with Crippen molar-refractivity contribution in [1.82, 2.24) is 0 Å². The van der Waals surface area contributed by atoms with Crippen LogP contribution >= 0.6 is 0 Å². The Kier molecular flexibility index (Phi) is 5.67. The maximum atomic E-state index is 5.43. The van der Waals surface area contributed by atoms with Gasteiger partial charge in [-0.1, -0.05) is 25.8 Å². The first-order valence-electron chi connectivity index (χ1n) is 5.83. The van der Waals surface area contributed by atoms with Gasteiger partial charge in [0.1, 0.15) is 5.75 Å². The van der Waals surface area contributed by atoms with E-state index in [1.165, 1.54) is 19.3 Å². The minimum Gasteiger partial charge on any atom is -0.494 e. The van der Waals surface area contributed by atoms with E-state index in [0.717, 1.165) is 24.6 Å². The molecule has 0 aromatic heterocycles. The first-order chi connectivity index (χ1) is 7.36. The molecule has 0 radical (unpaired) electrons. The zero-order valence-electron chi connectivity index (χ0n) is 9.75. The van der Waals surface area contributed by atoms with E-state index in [9.17, 15) is 0 Å². The highest BCUT2D eigenvalue weighted by Crippen LogP contribution is 2.17. The Morgan fingerprint density at radius 3 is 2.80 bits per heavy atom. The standard InChI is InChI=1S/C13H21NO/c1-3-5-6-10-14-12-8-7-9-13(11-12)15-4-2/h7-9,11,14H,3-6,10H2,1-2H3. The third-order valence-corrected chi connectivity index (χ3v) is 2.25. The van der Waals surface area contributed by atoms with E-state index < -0.39 is 0 Å². The molecule has 1 aromatic rings. The Morgan fingerprint density at radius 2 is 2.07 bits per heavy atom. The van der Waals surface area contributed by atoms with Crippen LogP contribution in [0.25, 0.3) is 0 Å². The maximum absolute atomic E-state index is 5.43. The molecule has 0 heterocycles. The molecule has 0 bridgehead atoms. The zero-order valence-corrected chi connectivity index (χ0v) is 9.75. The van der Waals surface area contributed by atoms with Crippen molar-refractivity contribution < 1.29 is 4.74 Å². The monoisotopic (exact) mass is 207 g/mol. The summed E-state index contributed by atoms with van der Waals surface area (Å²) in [5.74, 6) is 0.943. The van der Waals surface area contributed by atoms with Gasteiger partial charge in [0.15, 0.2) is 0 Å². The molecule has 0 aliphatic carbocycles. The highest BCUT2D eigenvalue weighted by molar-refractivity contribution is 5.48. The van der Waals surface area contributed by atoms with Crippen LogP contribution in [0.5, 0.6) is 5.75 Å². The van der Waals surface area contributed by atoms with Crippen LogP contribution in [-0.4, -0.2) is 13.2 Å².